The molecule has 1 unspecified atom stereocenters. The number of urea groups is 1. The summed E-state index contributed by atoms with van der Waals surface area (Å²) in [5, 5.41) is 5.47. The van der Waals surface area contributed by atoms with Gasteiger partial charge in [-0.25, -0.2) is 9.59 Å². The molecular formula is C24H26N2O6. The average Bonchev–Trinajstić information content (AvgIpc) is 3.10. The van der Waals surface area contributed by atoms with Crippen LogP contribution >= 0.6 is 0 Å². The number of para-hydroxylation sites is 2. The van der Waals surface area contributed by atoms with Crippen LogP contribution in [0.2, 0.25) is 0 Å². The maximum atomic E-state index is 12.8. The molecule has 2 aromatic carbocycles. The first-order valence-corrected chi connectivity index (χ1v) is 10.2. The zero-order valence-corrected chi connectivity index (χ0v) is 18.4. The number of amides is 3. The standard InChI is InChI=1S/C24H26N2O6/c1-15(21(27)25-23(29)26-24(2,3)4)31-22(28)20-18(14-30-16-10-6-5-7-11-16)17-12-8-9-13-19(17)32-20/h5-13,15H,14H2,1-4H3,(H2,25,26,27,29). The fourth-order valence-electron chi connectivity index (χ4n) is 2.93. The first kappa shape index (κ1) is 22.9. The van der Waals surface area contributed by atoms with Gasteiger partial charge in [0.05, 0.1) is 5.56 Å². The third-order valence-electron chi connectivity index (χ3n) is 4.39. The van der Waals surface area contributed by atoms with Crippen LogP contribution in [0.25, 0.3) is 11.0 Å². The van der Waals surface area contributed by atoms with E-state index in [1.165, 1.54) is 6.92 Å². The average molecular weight is 438 g/mol. The van der Waals surface area contributed by atoms with E-state index in [-0.39, 0.29) is 12.4 Å². The Kier molecular flexibility index (Phi) is 6.82. The Labute approximate surface area is 185 Å². The smallest absolute Gasteiger partial charge is 0.375 e. The van der Waals surface area contributed by atoms with Crippen molar-refractivity contribution in [3.05, 3.63) is 65.9 Å². The molecule has 0 aliphatic carbocycles. The quantitative estimate of drug-likeness (QED) is 0.559. The van der Waals surface area contributed by atoms with Crippen molar-refractivity contribution in [2.45, 2.75) is 45.9 Å². The van der Waals surface area contributed by atoms with Crippen LogP contribution in [0, 0.1) is 0 Å². The second kappa shape index (κ2) is 9.55. The van der Waals surface area contributed by atoms with Crippen molar-refractivity contribution < 1.29 is 28.3 Å². The van der Waals surface area contributed by atoms with E-state index in [2.05, 4.69) is 10.6 Å². The molecule has 8 heteroatoms. The van der Waals surface area contributed by atoms with Gasteiger partial charge in [0.2, 0.25) is 5.76 Å². The van der Waals surface area contributed by atoms with Crippen LogP contribution in [-0.2, 0) is 16.1 Å². The summed E-state index contributed by atoms with van der Waals surface area (Å²) in [6.45, 7) is 6.78. The summed E-state index contributed by atoms with van der Waals surface area (Å²) in [6.07, 6.45) is -1.22. The Hall–Kier alpha value is -3.81. The van der Waals surface area contributed by atoms with Gasteiger partial charge in [-0.2, -0.15) is 0 Å². The zero-order chi connectivity index (χ0) is 23.3. The molecular weight excluding hydrogens is 412 g/mol. The number of ether oxygens (including phenoxy) is 2. The van der Waals surface area contributed by atoms with Gasteiger partial charge >= 0.3 is 12.0 Å². The number of rotatable bonds is 6. The second-order valence-corrected chi connectivity index (χ2v) is 8.25. The predicted octanol–water partition coefficient (Wildman–Crippen LogP) is 4.18. The molecule has 0 spiro atoms. The summed E-state index contributed by atoms with van der Waals surface area (Å²) in [5.41, 5.74) is 0.479. The van der Waals surface area contributed by atoms with E-state index in [0.717, 1.165) is 0 Å². The number of hydrogen-bond donors (Lipinski definition) is 2. The number of carbonyl (C=O) groups excluding carboxylic acids is 3. The molecule has 3 aromatic rings. The minimum absolute atomic E-state index is 0.0547. The molecule has 1 aromatic heterocycles. The Balaban J connectivity index is 1.74. The van der Waals surface area contributed by atoms with Gasteiger partial charge in [-0.1, -0.05) is 36.4 Å². The predicted molar refractivity (Wildman–Crippen MR) is 118 cm³/mol. The molecule has 0 aliphatic heterocycles. The highest BCUT2D eigenvalue weighted by Crippen LogP contribution is 2.28. The number of fused-ring (bicyclic) bond motifs is 1. The summed E-state index contributed by atoms with van der Waals surface area (Å²) in [6, 6.07) is 15.6. The molecule has 0 aliphatic rings. The molecule has 32 heavy (non-hydrogen) atoms. The van der Waals surface area contributed by atoms with E-state index < -0.39 is 29.6 Å². The first-order valence-electron chi connectivity index (χ1n) is 10.2. The summed E-state index contributed by atoms with van der Waals surface area (Å²) in [4.78, 5) is 37.0. The van der Waals surface area contributed by atoms with Gasteiger partial charge in [-0.05, 0) is 45.9 Å². The largest absolute Gasteiger partial charge is 0.489 e. The van der Waals surface area contributed by atoms with Gasteiger partial charge in [0.1, 0.15) is 17.9 Å². The van der Waals surface area contributed by atoms with Crippen molar-refractivity contribution in [2.75, 3.05) is 0 Å². The summed E-state index contributed by atoms with van der Waals surface area (Å²) in [7, 11) is 0. The second-order valence-electron chi connectivity index (χ2n) is 8.25. The lowest BCUT2D eigenvalue weighted by molar-refractivity contribution is -0.128. The molecule has 3 rings (SSSR count). The monoisotopic (exact) mass is 438 g/mol. The SMILES string of the molecule is CC(OC(=O)c1oc2ccccc2c1COc1ccccc1)C(=O)NC(=O)NC(C)(C)C. The number of nitrogens with one attached hydrogen (secondary N) is 2. The third kappa shape index (κ3) is 5.87. The molecule has 0 saturated heterocycles. The fraction of sp³-hybridized carbons (Fsp3) is 0.292. The zero-order valence-electron chi connectivity index (χ0n) is 18.4. The van der Waals surface area contributed by atoms with Crippen LogP contribution < -0.4 is 15.4 Å². The Bertz CT molecular complexity index is 1110. The topological polar surface area (TPSA) is 107 Å². The summed E-state index contributed by atoms with van der Waals surface area (Å²) >= 11 is 0. The van der Waals surface area contributed by atoms with E-state index in [1.54, 1.807) is 45.0 Å². The highest BCUT2D eigenvalue weighted by atomic mass is 16.6. The number of furan rings is 1. The molecule has 8 nitrogen and oxygen atoms in total. The number of carbonyl (C=O) groups is 3. The van der Waals surface area contributed by atoms with E-state index in [1.807, 2.05) is 30.3 Å². The third-order valence-corrected chi connectivity index (χ3v) is 4.39. The highest BCUT2D eigenvalue weighted by Gasteiger charge is 2.27. The van der Waals surface area contributed by atoms with Crippen molar-refractivity contribution in [3.8, 4) is 5.75 Å². The number of hydrogen-bond acceptors (Lipinski definition) is 6. The summed E-state index contributed by atoms with van der Waals surface area (Å²) < 4.78 is 16.8. The van der Waals surface area contributed by atoms with E-state index in [4.69, 9.17) is 13.9 Å². The highest BCUT2D eigenvalue weighted by molar-refractivity contribution is 6.00. The Morgan fingerprint density at radius 2 is 1.66 bits per heavy atom. The lowest BCUT2D eigenvalue weighted by Crippen LogP contribution is -2.50. The van der Waals surface area contributed by atoms with Gasteiger partial charge in [0.25, 0.3) is 5.91 Å². The van der Waals surface area contributed by atoms with Crippen LogP contribution in [0.15, 0.2) is 59.0 Å². The van der Waals surface area contributed by atoms with Gasteiger partial charge in [-0.15, -0.1) is 0 Å². The van der Waals surface area contributed by atoms with Crippen molar-refractivity contribution >= 4 is 28.9 Å². The van der Waals surface area contributed by atoms with Crippen LogP contribution in [0.1, 0.15) is 43.8 Å². The van der Waals surface area contributed by atoms with Crippen molar-refractivity contribution in [1.82, 2.24) is 10.6 Å². The summed E-state index contributed by atoms with van der Waals surface area (Å²) in [5.74, 6) is -0.999. The number of imide groups is 1. The van der Waals surface area contributed by atoms with Gasteiger partial charge < -0.3 is 19.2 Å². The van der Waals surface area contributed by atoms with Crippen LogP contribution in [0.3, 0.4) is 0 Å². The minimum atomic E-state index is -1.22. The van der Waals surface area contributed by atoms with Crippen LogP contribution in [0.5, 0.6) is 5.75 Å². The molecule has 0 bridgehead atoms. The first-order chi connectivity index (χ1) is 15.1. The van der Waals surface area contributed by atoms with E-state index in [9.17, 15) is 14.4 Å². The maximum absolute atomic E-state index is 12.8. The fourth-order valence-corrected chi connectivity index (χ4v) is 2.93. The number of benzene rings is 2. The lowest BCUT2D eigenvalue weighted by atomic mass is 10.1. The van der Waals surface area contributed by atoms with Crippen LogP contribution in [-0.4, -0.2) is 29.6 Å². The molecule has 0 saturated carbocycles. The maximum Gasteiger partial charge on any atom is 0.375 e. The molecule has 2 N–H and O–H groups in total. The molecule has 0 fully saturated rings. The molecule has 3 amide bonds. The molecule has 0 radical (unpaired) electrons. The van der Waals surface area contributed by atoms with Gasteiger partial charge in [0.15, 0.2) is 6.10 Å². The van der Waals surface area contributed by atoms with Crippen molar-refractivity contribution in [1.29, 1.82) is 0 Å². The van der Waals surface area contributed by atoms with Gasteiger partial charge in [0, 0.05) is 10.9 Å². The van der Waals surface area contributed by atoms with Gasteiger partial charge in [-0.3, -0.25) is 10.1 Å². The molecule has 1 atom stereocenters. The van der Waals surface area contributed by atoms with Crippen molar-refractivity contribution in [2.24, 2.45) is 0 Å². The molecule has 1 heterocycles. The normalized spacial score (nSPS) is 12.1. The number of esters is 1. The van der Waals surface area contributed by atoms with Crippen LogP contribution in [0.4, 0.5) is 4.79 Å². The molecule has 168 valence electrons. The Morgan fingerprint density at radius 3 is 2.34 bits per heavy atom. The minimum Gasteiger partial charge on any atom is -0.489 e. The van der Waals surface area contributed by atoms with E-state index in [0.29, 0.717) is 22.3 Å². The lowest BCUT2D eigenvalue weighted by Gasteiger charge is -2.21. The van der Waals surface area contributed by atoms with E-state index >= 15 is 0 Å². The van der Waals surface area contributed by atoms with Crippen molar-refractivity contribution in [3.63, 3.8) is 0 Å². The Morgan fingerprint density at radius 1 is 1.00 bits per heavy atom.